The van der Waals surface area contributed by atoms with E-state index in [1.54, 1.807) is 21.3 Å². The van der Waals surface area contributed by atoms with Crippen LogP contribution in [-0.2, 0) is 16.0 Å². The van der Waals surface area contributed by atoms with E-state index in [2.05, 4.69) is 20.9 Å². The first kappa shape index (κ1) is 22.4. The second kappa shape index (κ2) is 13.8. The third kappa shape index (κ3) is 8.92. The van der Waals surface area contributed by atoms with Crippen molar-refractivity contribution in [3.05, 3.63) is 29.8 Å². The number of carbonyl (C=O) groups is 1. The Bertz CT molecular complexity index is 512. The number of guanidine groups is 1. The largest absolute Gasteiger partial charge is 0.496 e. The number of hydrogen-bond donors (Lipinski definition) is 3. The fourth-order valence-electron chi connectivity index (χ4n) is 1.96. The summed E-state index contributed by atoms with van der Waals surface area (Å²) in [6, 6.07) is 7.89. The summed E-state index contributed by atoms with van der Waals surface area (Å²) in [5, 5.41) is 8.87. The van der Waals surface area contributed by atoms with Crippen molar-refractivity contribution >= 4 is 35.8 Å². The number of amides is 1. The molecule has 1 rings (SSSR count). The molecule has 0 unspecified atom stereocenters. The molecule has 0 radical (unpaired) electrons. The molecule has 0 saturated heterocycles. The minimum absolute atomic E-state index is 0. The van der Waals surface area contributed by atoms with E-state index in [0.717, 1.165) is 17.7 Å². The number of hydrogen-bond acceptors (Lipinski definition) is 4. The van der Waals surface area contributed by atoms with Crippen molar-refractivity contribution < 1.29 is 14.3 Å². The highest BCUT2D eigenvalue weighted by Crippen LogP contribution is 2.17. The molecule has 0 atom stereocenters. The van der Waals surface area contributed by atoms with Crippen LogP contribution in [0.15, 0.2) is 29.3 Å². The van der Waals surface area contributed by atoms with E-state index in [0.29, 0.717) is 25.7 Å². The van der Waals surface area contributed by atoms with Gasteiger partial charge in [-0.05, 0) is 18.1 Å². The first-order valence-electron chi connectivity index (χ1n) is 7.53. The second-order valence-electron chi connectivity index (χ2n) is 4.76. The fraction of sp³-hybridized carbons (Fsp3) is 0.500. The molecular weight excluding hydrogens is 423 g/mol. The zero-order valence-corrected chi connectivity index (χ0v) is 16.8. The van der Waals surface area contributed by atoms with Crippen molar-refractivity contribution in [1.82, 2.24) is 16.0 Å². The minimum Gasteiger partial charge on any atom is -0.496 e. The number of nitrogens with one attached hydrogen (secondary N) is 3. The molecular formula is C16H27IN4O3. The molecule has 0 bridgehead atoms. The van der Waals surface area contributed by atoms with Crippen LogP contribution in [0.2, 0.25) is 0 Å². The summed E-state index contributed by atoms with van der Waals surface area (Å²) in [5.74, 6) is 1.35. The molecule has 136 valence electrons. The predicted molar refractivity (Wildman–Crippen MR) is 106 cm³/mol. The van der Waals surface area contributed by atoms with Gasteiger partial charge in [-0.2, -0.15) is 0 Å². The molecule has 3 N–H and O–H groups in total. The first-order chi connectivity index (χ1) is 11.2. The van der Waals surface area contributed by atoms with Crippen LogP contribution in [0.4, 0.5) is 0 Å². The van der Waals surface area contributed by atoms with Gasteiger partial charge in [0.25, 0.3) is 0 Å². The maximum atomic E-state index is 11.6. The molecule has 0 saturated carbocycles. The lowest BCUT2D eigenvalue weighted by Crippen LogP contribution is -2.44. The van der Waals surface area contributed by atoms with Crippen molar-refractivity contribution in [3.8, 4) is 5.75 Å². The number of nitrogens with zero attached hydrogens (tertiary/aromatic N) is 1. The molecule has 7 nitrogen and oxygen atoms in total. The van der Waals surface area contributed by atoms with E-state index in [-0.39, 0.29) is 36.4 Å². The Morgan fingerprint density at radius 2 is 1.88 bits per heavy atom. The van der Waals surface area contributed by atoms with E-state index >= 15 is 0 Å². The summed E-state index contributed by atoms with van der Waals surface area (Å²) in [4.78, 5) is 15.7. The smallest absolute Gasteiger partial charge is 0.239 e. The number of rotatable bonds is 9. The highest BCUT2D eigenvalue weighted by molar-refractivity contribution is 14.0. The predicted octanol–water partition coefficient (Wildman–Crippen LogP) is 0.783. The molecule has 0 aliphatic rings. The van der Waals surface area contributed by atoms with E-state index < -0.39 is 0 Å². The third-order valence-electron chi connectivity index (χ3n) is 3.15. The second-order valence-corrected chi connectivity index (χ2v) is 4.76. The van der Waals surface area contributed by atoms with Crippen molar-refractivity contribution in [2.75, 3.05) is 47.5 Å². The third-order valence-corrected chi connectivity index (χ3v) is 3.15. The van der Waals surface area contributed by atoms with Gasteiger partial charge in [-0.3, -0.25) is 9.79 Å². The van der Waals surface area contributed by atoms with Crippen LogP contribution in [0.1, 0.15) is 5.56 Å². The van der Waals surface area contributed by atoms with Crippen LogP contribution in [-0.4, -0.2) is 59.4 Å². The van der Waals surface area contributed by atoms with Gasteiger partial charge in [-0.15, -0.1) is 24.0 Å². The lowest BCUT2D eigenvalue weighted by molar-refractivity contribution is -0.120. The summed E-state index contributed by atoms with van der Waals surface area (Å²) in [6.45, 7) is 1.85. The Labute approximate surface area is 160 Å². The number of ether oxygens (including phenoxy) is 2. The van der Waals surface area contributed by atoms with Crippen LogP contribution >= 0.6 is 24.0 Å². The highest BCUT2D eigenvalue weighted by atomic mass is 127. The average molecular weight is 450 g/mol. The highest BCUT2D eigenvalue weighted by Gasteiger charge is 2.04. The standard InChI is InChI=1S/C16H26N4O3.HI/c1-17-16(20-12-15(21)18-10-11-22-2)19-9-8-13-6-4-5-7-14(13)23-3;/h4-7H,8-12H2,1-3H3,(H,18,21)(H2,17,19,20);1H. The maximum absolute atomic E-state index is 11.6. The summed E-state index contributed by atoms with van der Waals surface area (Å²) in [5.41, 5.74) is 1.12. The number of benzene rings is 1. The summed E-state index contributed by atoms with van der Waals surface area (Å²) >= 11 is 0. The quantitative estimate of drug-likeness (QED) is 0.224. The van der Waals surface area contributed by atoms with E-state index in [4.69, 9.17) is 9.47 Å². The lowest BCUT2D eigenvalue weighted by atomic mass is 10.1. The zero-order valence-electron chi connectivity index (χ0n) is 14.4. The van der Waals surface area contributed by atoms with Crippen molar-refractivity contribution in [2.24, 2.45) is 4.99 Å². The molecule has 0 aromatic heterocycles. The maximum Gasteiger partial charge on any atom is 0.239 e. The number of methoxy groups -OCH3 is 2. The van der Waals surface area contributed by atoms with Crippen molar-refractivity contribution in [2.45, 2.75) is 6.42 Å². The number of carbonyl (C=O) groups excluding carboxylic acids is 1. The van der Waals surface area contributed by atoms with Crippen LogP contribution in [0.5, 0.6) is 5.75 Å². The normalized spacial score (nSPS) is 10.5. The van der Waals surface area contributed by atoms with Gasteiger partial charge in [0.05, 0.1) is 20.3 Å². The van der Waals surface area contributed by atoms with Crippen LogP contribution in [0, 0.1) is 0 Å². The zero-order chi connectivity index (χ0) is 16.9. The molecule has 8 heteroatoms. The fourth-order valence-corrected chi connectivity index (χ4v) is 1.96. The number of para-hydroxylation sites is 1. The SMILES string of the molecule is CN=C(NCCc1ccccc1OC)NCC(=O)NCCOC.I. The summed E-state index contributed by atoms with van der Waals surface area (Å²) in [6.07, 6.45) is 0.796. The van der Waals surface area contributed by atoms with Crippen molar-refractivity contribution in [3.63, 3.8) is 0 Å². The van der Waals surface area contributed by atoms with Crippen LogP contribution in [0.25, 0.3) is 0 Å². The molecule has 24 heavy (non-hydrogen) atoms. The average Bonchev–Trinajstić information content (AvgIpc) is 2.58. The first-order valence-corrected chi connectivity index (χ1v) is 7.53. The lowest BCUT2D eigenvalue weighted by Gasteiger charge is -2.13. The van der Waals surface area contributed by atoms with E-state index in [1.807, 2.05) is 24.3 Å². The van der Waals surface area contributed by atoms with E-state index in [1.165, 1.54) is 0 Å². The Morgan fingerprint density at radius 3 is 2.54 bits per heavy atom. The molecule has 0 fully saturated rings. The van der Waals surface area contributed by atoms with Gasteiger partial charge >= 0.3 is 0 Å². The molecule has 0 aliphatic heterocycles. The van der Waals surface area contributed by atoms with Gasteiger partial charge in [0.15, 0.2) is 5.96 Å². The van der Waals surface area contributed by atoms with Gasteiger partial charge < -0.3 is 25.4 Å². The van der Waals surface area contributed by atoms with Gasteiger partial charge in [0, 0.05) is 27.2 Å². The molecule has 0 heterocycles. The summed E-state index contributed by atoms with van der Waals surface area (Å²) in [7, 11) is 4.92. The Morgan fingerprint density at radius 1 is 1.12 bits per heavy atom. The van der Waals surface area contributed by atoms with Gasteiger partial charge in [0.2, 0.25) is 5.91 Å². The minimum atomic E-state index is -0.102. The number of aliphatic imine (C=N–C) groups is 1. The van der Waals surface area contributed by atoms with Crippen molar-refractivity contribution in [1.29, 1.82) is 0 Å². The molecule has 0 aliphatic carbocycles. The monoisotopic (exact) mass is 450 g/mol. The van der Waals surface area contributed by atoms with E-state index in [9.17, 15) is 4.79 Å². The van der Waals surface area contributed by atoms with Crippen LogP contribution in [0.3, 0.4) is 0 Å². The number of halogens is 1. The Kier molecular flexibility index (Phi) is 13.0. The Hall–Kier alpha value is -1.55. The summed E-state index contributed by atoms with van der Waals surface area (Å²) < 4.78 is 10.2. The molecule has 0 spiro atoms. The molecule has 1 aromatic carbocycles. The molecule has 1 amide bonds. The van der Waals surface area contributed by atoms with Gasteiger partial charge in [-0.1, -0.05) is 18.2 Å². The molecule has 1 aromatic rings. The van der Waals surface area contributed by atoms with Gasteiger partial charge in [0.1, 0.15) is 5.75 Å². The van der Waals surface area contributed by atoms with Crippen LogP contribution < -0.4 is 20.7 Å². The topological polar surface area (TPSA) is 84.0 Å². The van der Waals surface area contributed by atoms with Gasteiger partial charge in [-0.25, -0.2) is 0 Å². The Balaban J connectivity index is 0.00000529.